The van der Waals surface area contributed by atoms with Crippen LogP contribution < -0.4 is 5.32 Å². The van der Waals surface area contributed by atoms with E-state index in [4.69, 9.17) is 0 Å². The Hall–Kier alpha value is -3.26. The van der Waals surface area contributed by atoms with Gasteiger partial charge in [0.2, 0.25) is 23.6 Å². The van der Waals surface area contributed by atoms with Crippen molar-refractivity contribution in [2.24, 2.45) is 11.8 Å². The van der Waals surface area contributed by atoms with Crippen LogP contribution in [0.3, 0.4) is 0 Å². The van der Waals surface area contributed by atoms with E-state index < -0.39 is 6.04 Å². The summed E-state index contributed by atoms with van der Waals surface area (Å²) in [6.07, 6.45) is 10.6. The zero-order valence-corrected chi connectivity index (χ0v) is 24.9. The zero-order valence-electron chi connectivity index (χ0n) is 23.3. The first kappa shape index (κ1) is 29.2. The average molecular weight is 621 g/mol. The summed E-state index contributed by atoms with van der Waals surface area (Å²) in [6, 6.07) is 16.8. The van der Waals surface area contributed by atoms with Gasteiger partial charge in [-0.1, -0.05) is 89.8 Å². The second-order valence-corrected chi connectivity index (χ2v) is 12.4. The molecule has 216 valence electrons. The number of carbonyl (C=O) groups excluding carboxylic acids is 4. The lowest BCUT2D eigenvalue weighted by molar-refractivity contribution is -0.144. The van der Waals surface area contributed by atoms with Crippen LogP contribution in [0.5, 0.6) is 0 Å². The van der Waals surface area contributed by atoms with E-state index in [9.17, 15) is 19.2 Å². The first-order valence-electron chi connectivity index (χ1n) is 14.8. The van der Waals surface area contributed by atoms with Crippen LogP contribution in [0.25, 0.3) is 0 Å². The lowest BCUT2D eigenvalue weighted by Gasteiger charge is -2.34. The normalized spacial score (nSPS) is 21.4. The summed E-state index contributed by atoms with van der Waals surface area (Å²) < 4.78 is 0.887. The summed E-state index contributed by atoms with van der Waals surface area (Å²) >= 11 is 3.52. The molecule has 2 aromatic carbocycles. The lowest BCUT2D eigenvalue weighted by atomic mass is 9.85. The number of benzene rings is 2. The summed E-state index contributed by atoms with van der Waals surface area (Å²) in [5.74, 6) is -1.44. The van der Waals surface area contributed by atoms with Crippen LogP contribution in [0.2, 0.25) is 0 Å². The summed E-state index contributed by atoms with van der Waals surface area (Å²) in [5.41, 5.74) is 1.85. The number of hydrogen-bond donors (Lipinski definition) is 1. The van der Waals surface area contributed by atoms with Crippen molar-refractivity contribution in [3.63, 3.8) is 0 Å². The SMILES string of the molecule is O=C(NC1CCCCC1)[C@H](Cc1ccccc1)N(Cc1cccc(Br)c1)C(=O)CCN1C(=O)[C@H]2CC=CC[C@H]2C1=O. The van der Waals surface area contributed by atoms with Gasteiger partial charge >= 0.3 is 0 Å². The van der Waals surface area contributed by atoms with Gasteiger partial charge in [0.05, 0.1) is 11.8 Å². The lowest BCUT2D eigenvalue weighted by Crippen LogP contribution is -2.53. The third kappa shape index (κ3) is 7.15. The van der Waals surface area contributed by atoms with Crippen LogP contribution in [0.15, 0.2) is 71.2 Å². The van der Waals surface area contributed by atoms with Gasteiger partial charge in [0.1, 0.15) is 6.04 Å². The smallest absolute Gasteiger partial charge is 0.243 e. The Bertz CT molecular complexity index is 1260. The van der Waals surface area contributed by atoms with Gasteiger partial charge in [-0.25, -0.2) is 0 Å². The van der Waals surface area contributed by atoms with Crippen LogP contribution in [-0.2, 0) is 32.1 Å². The number of imide groups is 1. The molecule has 2 aliphatic carbocycles. The highest BCUT2D eigenvalue weighted by atomic mass is 79.9. The van der Waals surface area contributed by atoms with E-state index in [0.717, 1.165) is 41.3 Å². The first-order valence-corrected chi connectivity index (χ1v) is 15.6. The molecule has 1 N–H and O–H groups in total. The summed E-state index contributed by atoms with van der Waals surface area (Å²) in [7, 11) is 0. The van der Waals surface area contributed by atoms with Crippen LogP contribution >= 0.6 is 15.9 Å². The molecule has 0 unspecified atom stereocenters. The third-order valence-electron chi connectivity index (χ3n) is 8.61. The van der Waals surface area contributed by atoms with Gasteiger partial charge < -0.3 is 10.2 Å². The second-order valence-electron chi connectivity index (χ2n) is 11.4. The molecule has 3 aliphatic rings. The third-order valence-corrected chi connectivity index (χ3v) is 9.11. The van der Waals surface area contributed by atoms with Gasteiger partial charge in [-0.3, -0.25) is 24.1 Å². The van der Waals surface area contributed by atoms with Crippen molar-refractivity contribution in [2.45, 2.75) is 76.4 Å². The Kier molecular flexibility index (Phi) is 9.70. The van der Waals surface area contributed by atoms with E-state index in [1.807, 2.05) is 66.7 Å². The number of hydrogen-bond acceptors (Lipinski definition) is 4. The van der Waals surface area contributed by atoms with Gasteiger partial charge in [0.15, 0.2) is 0 Å². The average Bonchev–Trinajstić information content (AvgIpc) is 3.23. The number of rotatable bonds is 10. The Morgan fingerprint density at radius 2 is 1.56 bits per heavy atom. The molecule has 8 heteroatoms. The molecule has 2 aromatic rings. The minimum Gasteiger partial charge on any atom is -0.352 e. The number of fused-ring (bicyclic) bond motifs is 1. The molecule has 1 aliphatic heterocycles. The molecule has 7 nitrogen and oxygen atoms in total. The summed E-state index contributed by atoms with van der Waals surface area (Å²) in [6.45, 7) is 0.270. The van der Waals surface area contributed by atoms with E-state index in [1.165, 1.54) is 11.3 Å². The number of amides is 4. The van der Waals surface area contributed by atoms with Crippen LogP contribution in [0, 0.1) is 11.8 Å². The van der Waals surface area contributed by atoms with Crippen LogP contribution in [0.1, 0.15) is 62.5 Å². The van der Waals surface area contributed by atoms with Gasteiger partial charge in [0.25, 0.3) is 0 Å². The number of nitrogens with one attached hydrogen (secondary N) is 1. The Labute approximate surface area is 250 Å². The molecular weight excluding hydrogens is 582 g/mol. The van der Waals surface area contributed by atoms with Crippen LogP contribution in [0.4, 0.5) is 0 Å². The van der Waals surface area contributed by atoms with Crippen molar-refractivity contribution in [1.82, 2.24) is 15.1 Å². The fourth-order valence-corrected chi connectivity index (χ4v) is 6.82. The molecule has 0 radical (unpaired) electrons. The van der Waals surface area contributed by atoms with Gasteiger partial charge in [-0.05, 0) is 48.9 Å². The fourth-order valence-electron chi connectivity index (χ4n) is 6.37. The molecule has 1 heterocycles. The summed E-state index contributed by atoms with van der Waals surface area (Å²) in [4.78, 5) is 56.9. The molecule has 0 bridgehead atoms. The maximum atomic E-state index is 14.0. The second kappa shape index (κ2) is 13.6. The van der Waals surface area contributed by atoms with E-state index in [-0.39, 0.29) is 61.0 Å². The maximum absolute atomic E-state index is 14.0. The van der Waals surface area contributed by atoms with Crippen molar-refractivity contribution in [3.8, 4) is 0 Å². The maximum Gasteiger partial charge on any atom is 0.243 e. The number of likely N-dealkylation sites (tertiary alicyclic amines) is 1. The fraction of sp³-hybridized carbons (Fsp3) is 0.455. The summed E-state index contributed by atoms with van der Waals surface area (Å²) in [5, 5.41) is 3.25. The van der Waals surface area contributed by atoms with Gasteiger partial charge in [-0.15, -0.1) is 0 Å². The highest BCUT2D eigenvalue weighted by Crippen LogP contribution is 2.35. The van der Waals surface area contributed by atoms with Crippen molar-refractivity contribution in [2.75, 3.05) is 6.54 Å². The molecule has 1 saturated carbocycles. The molecule has 2 fully saturated rings. The minimum atomic E-state index is -0.734. The Balaban J connectivity index is 1.39. The zero-order chi connectivity index (χ0) is 28.8. The minimum absolute atomic E-state index is 0.0274. The first-order chi connectivity index (χ1) is 19.9. The molecular formula is C33H38BrN3O4. The Morgan fingerprint density at radius 1 is 0.902 bits per heavy atom. The molecule has 0 spiro atoms. The van der Waals surface area contributed by atoms with Gasteiger partial charge in [0, 0.05) is 36.4 Å². The molecule has 3 atom stereocenters. The number of allylic oxidation sites excluding steroid dienone is 2. The number of nitrogens with zero attached hydrogens (tertiary/aromatic N) is 2. The predicted octanol–water partition coefficient (Wildman–Crippen LogP) is 5.18. The van der Waals surface area contributed by atoms with E-state index in [1.54, 1.807) is 4.90 Å². The van der Waals surface area contributed by atoms with Crippen molar-refractivity contribution in [1.29, 1.82) is 0 Å². The molecule has 1 saturated heterocycles. The molecule has 4 amide bonds. The Morgan fingerprint density at radius 3 is 2.22 bits per heavy atom. The molecule has 5 rings (SSSR count). The molecule has 41 heavy (non-hydrogen) atoms. The number of carbonyl (C=O) groups is 4. The number of halogens is 1. The van der Waals surface area contributed by atoms with Crippen molar-refractivity contribution < 1.29 is 19.2 Å². The van der Waals surface area contributed by atoms with E-state index in [0.29, 0.717) is 19.3 Å². The standard InChI is InChI=1S/C33H38BrN3O4/c34-25-13-9-12-24(20-25)22-37(30(38)18-19-36-32(40)27-16-7-8-17-28(27)33(36)41)29(21-23-10-3-1-4-11-23)31(39)35-26-14-5-2-6-15-26/h1,3-4,7-13,20,26-29H,2,5-6,14-19,21-22H2,(H,35,39)/t27-,28+,29-/m0/s1. The predicted molar refractivity (Wildman–Crippen MR) is 160 cm³/mol. The van der Waals surface area contributed by atoms with Crippen molar-refractivity contribution >= 4 is 39.6 Å². The van der Waals surface area contributed by atoms with Gasteiger partial charge in [-0.2, -0.15) is 0 Å². The molecule has 0 aromatic heterocycles. The van der Waals surface area contributed by atoms with E-state index in [2.05, 4.69) is 21.2 Å². The largest absolute Gasteiger partial charge is 0.352 e. The topological polar surface area (TPSA) is 86.8 Å². The highest BCUT2D eigenvalue weighted by molar-refractivity contribution is 9.10. The quantitative estimate of drug-likeness (QED) is 0.293. The van der Waals surface area contributed by atoms with Crippen molar-refractivity contribution in [3.05, 3.63) is 82.3 Å². The highest BCUT2D eigenvalue weighted by Gasteiger charge is 2.47. The monoisotopic (exact) mass is 619 g/mol. The van der Waals surface area contributed by atoms with E-state index >= 15 is 0 Å². The van der Waals surface area contributed by atoms with Crippen LogP contribution in [-0.4, -0.2) is 52.1 Å².